The smallest absolute Gasteiger partial charge is 0.338 e. The second kappa shape index (κ2) is 9.92. The van der Waals surface area contributed by atoms with E-state index < -0.39 is 5.97 Å². The minimum absolute atomic E-state index is 0.333. The van der Waals surface area contributed by atoms with Crippen LogP contribution in [0.25, 0.3) is 0 Å². The Morgan fingerprint density at radius 1 is 0.786 bits per heavy atom. The van der Waals surface area contributed by atoms with Crippen LogP contribution in [0.1, 0.15) is 21.5 Å². The lowest BCUT2D eigenvalue weighted by atomic mass is 10.2. The molecule has 5 heteroatoms. The van der Waals surface area contributed by atoms with Gasteiger partial charge >= 0.3 is 5.97 Å². The Morgan fingerprint density at radius 3 is 2.18 bits per heavy atom. The first kappa shape index (κ1) is 19.2. The van der Waals surface area contributed by atoms with Gasteiger partial charge in [-0.15, -0.1) is 0 Å². The number of esters is 1. The van der Waals surface area contributed by atoms with Crippen molar-refractivity contribution in [1.82, 2.24) is 5.32 Å². The van der Waals surface area contributed by atoms with Gasteiger partial charge in [-0.2, -0.15) is 0 Å². The Balaban J connectivity index is 1.46. The van der Waals surface area contributed by atoms with E-state index in [9.17, 15) is 9.59 Å². The normalized spacial score (nSPS) is 10.1. The number of rotatable bonds is 8. The van der Waals surface area contributed by atoms with Crippen LogP contribution in [0.2, 0.25) is 0 Å². The second-order valence-corrected chi connectivity index (χ2v) is 6.14. The van der Waals surface area contributed by atoms with Crippen molar-refractivity contribution in [2.24, 2.45) is 0 Å². The van der Waals surface area contributed by atoms with E-state index in [4.69, 9.17) is 9.47 Å². The van der Waals surface area contributed by atoms with E-state index >= 15 is 0 Å². The summed E-state index contributed by atoms with van der Waals surface area (Å²) in [6.07, 6.45) is 0. The molecule has 142 valence electrons. The predicted octanol–water partition coefficient (Wildman–Crippen LogP) is 3.74. The number of carbonyl (C=O) groups excluding carboxylic acids is 2. The maximum Gasteiger partial charge on any atom is 0.338 e. The summed E-state index contributed by atoms with van der Waals surface area (Å²) < 4.78 is 10.8. The first-order valence-electron chi connectivity index (χ1n) is 8.95. The molecule has 0 atom stereocenters. The van der Waals surface area contributed by atoms with E-state index in [1.165, 1.54) is 0 Å². The van der Waals surface area contributed by atoms with Crippen molar-refractivity contribution in [3.05, 3.63) is 102 Å². The largest absolute Gasteiger partial charge is 0.489 e. The van der Waals surface area contributed by atoms with Gasteiger partial charge in [0.25, 0.3) is 5.91 Å². The Kier molecular flexibility index (Phi) is 6.79. The molecule has 0 aliphatic heterocycles. The Labute approximate surface area is 163 Å². The zero-order chi connectivity index (χ0) is 19.6. The van der Waals surface area contributed by atoms with Crippen molar-refractivity contribution >= 4 is 11.9 Å². The monoisotopic (exact) mass is 375 g/mol. The fraction of sp³-hybridized carbons (Fsp3) is 0.130. The van der Waals surface area contributed by atoms with Crippen molar-refractivity contribution < 1.29 is 19.1 Å². The molecule has 28 heavy (non-hydrogen) atoms. The molecule has 0 aliphatic rings. The molecule has 0 aliphatic carbocycles. The van der Waals surface area contributed by atoms with Gasteiger partial charge in [0.2, 0.25) is 0 Å². The van der Waals surface area contributed by atoms with Crippen LogP contribution < -0.4 is 10.1 Å². The zero-order valence-corrected chi connectivity index (χ0v) is 15.3. The third kappa shape index (κ3) is 5.99. The standard InChI is InChI=1S/C23H21NO4/c25-22(24-15-18-8-3-1-4-9-18)17-28-23(26)20-12-7-13-21(14-20)27-16-19-10-5-2-6-11-19/h1-14H,15-17H2,(H,24,25). The van der Waals surface area contributed by atoms with Crippen LogP contribution >= 0.6 is 0 Å². The van der Waals surface area contributed by atoms with Gasteiger partial charge in [-0.1, -0.05) is 66.7 Å². The highest BCUT2D eigenvalue weighted by atomic mass is 16.5. The SMILES string of the molecule is O=C(COC(=O)c1cccc(OCc2ccccc2)c1)NCc1ccccc1. The van der Waals surface area contributed by atoms with Gasteiger partial charge in [0.05, 0.1) is 5.56 Å². The molecule has 0 radical (unpaired) electrons. The number of benzene rings is 3. The first-order valence-corrected chi connectivity index (χ1v) is 8.95. The van der Waals surface area contributed by atoms with Gasteiger partial charge in [0.1, 0.15) is 12.4 Å². The summed E-state index contributed by atoms with van der Waals surface area (Å²) in [6, 6.07) is 26.0. The molecule has 1 amide bonds. The molecule has 0 bridgehead atoms. The lowest BCUT2D eigenvalue weighted by Gasteiger charge is -2.09. The van der Waals surface area contributed by atoms with Gasteiger partial charge in [-0.05, 0) is 29.3 Å². The summed E-state index contributed by atoms with van der Waals surface area (Å²) in [5.41, 5.74) is 2.34. The average molecular weight is 375 g/mol. The highest BCUT2D eigenvalue weighted by Crippen LogP contribution is 2.16. The molecule has 3 aromatic carbocycles. The number of hydrogen-bond donors (Lipinski definition) is 1. The summed E-state index contributed by atoms with van der Waals surface area (Å²) >= 11 is 0. The number of amides is 1. The molecule has 0 heterocycles. The lowest BCUT2D eigenvalue weighted by molar-refractivity contribution is -0.124. The minimum atomic E-state index is -0.569. The van der Waals surface area contributed by atoms with Crippen LogP contribution in [0, 0.1) is 0 Å². The quantitative estimate of drug-likeness (QED) is 0.609. The maximum atomic E-state index is 12.2. The van der Waals surface area contributed by atoms with Crippen LogP contribution in [0.5, 0.6) is 5.75 Å². The van der Waals surface area contributed by atoms with E-state index in [1.54, 1.807) is 24.3 Å². The lowest BCUT2D eigenvalue weighted by Crippen LogP contribution is -2.28. The average Bonchev–Trinajstić information content (AvgIpc) is 2.76. The third-order valence-corrected chi connectivity index (χ3v) is 3.98. The fourth-order valence-electron chi connectivity index (χ4n) is 2.52. The Hall–Kier alpha value is -3.60. The van der Waals surface area contributed by atoms with Crippen molar-refractivity contribution in [3.63, 3.8) is 0 Å². The number of ether oxygens (including phenoxy) is 2. The van der Waals surface area contributed by atoms with E-state index in [1.807, 2.05) is 60.7 Å². The van der Waals surface area contributed by atoms with E-state index in [2.05, 4.69) is 5.32 Å². The van der Waals surface area contributed by atoms with Gasteiger partial charge in [-0.25, -0.2) is 4.79 Å². The molecule has 1 N–H and O–H groups in total. The van der Waals surface area contributed by atoms with Gasteiger partial charge < -0.3 is 14.8 Å². The van der Waals surface area contributed by atoms with Crippen molar-refractivity contribution in [2.75, 3.05) is 6.61 Å². The summed E-state index contributed by atoms with van der Waals surface area (Å²) in [6.45, 7) is 0.460. The van der Waals surface area contributed by atoms with Crippen molar-refractivity contribution in [2.45, 2.75) is 13.2 Å². The zero-order valence-electron chi connectivity index (χ0n) is 15.3. The Bertz CT molecular complexity index is 910. The first-order chi connectivity index (χ1) is 13.7. The number of nitrogens with one attached hydrogen (secondary N) is 1. The number of carbonyl (C=O) groups is 2. The molecule has 3 rings (SSSR count). The van der Waals surface area contributed by atoms with Gasteiger partial charge in [-0.3, -0.25) is 4.79 Å². The summed E-state index contributed by atoms with van der Waals surface area (Å²) in [4.78, 5) is 24.1. The highest BCUT2D eigenvalue weighted by molar-refractivity contribution is 5.91. The predicted molar refractivity (Wildman–Crippen MR) is 106 cm³/mol. The van der Waals surface area contributed by atoms with Gasteiger partial charge in [0.15, 0.2) is 6.61 Å². The van der Waals surface area contributed by atoms with Crippen LogP contribution in [0.4, 0.5) is 0 Å². The topological polar surface area (TPSA) is 64.6 Å². The summed E-state index contributed by atoms with van der Waals surface area (Å²) in [7, 11) is 0. The second-order valence-electron chi connectivity index (χ2n) is 6.14. The third-order valence-electron chi connectivity index (χ3n) is 3.98. The fourth-order valence-corrected chi connectivity index (χ4v) is 2.52. The molecule has 5 nitrogen and oxygen atoms in total. The van der Waals surface area contributed by atoms with Gasteiger partial charge in [0, 0.05) is 6.54 Å². The molecule has 0 aromatic heterocycles. The van der Waals surface area contributed by atoms with Crippen LogP contribution in [-0.4, -0.2) is 18.5 Å². The highest BCUT2D eigenvalue weighted by Gasteiger charge is 2.11. The van der Waals surface area contributed by atoms with E-state index in [0.717, 1.165) is 11.1 Å². The molecule has 0 unspecified atom stereocenters. The van der Waals surface area contributed by atoms with Crippen LogP contribution in [-0.2, 0) is 22.7 Å². The molecular formula is C23H21NO4. The van der Waals surface area contributed by atoms with Crippen molar-refractivity contribution in [3.8, 4) is 5.75 Å². The molecule has 0 spiro atoms. The molecule has 0 saturated carbocycles. The molecule has 0 saturated heterocycles. The molecule has 3 aromatic rings. The van der Waals surface area contributed by atoms with Crippen molar-refractivity contribution in [1.29, 1.82) is 0 Å². The minimum Gasteiger partial charge on any atom is -0.489 e. The van der Waals surface area contributed by atoms with E-state index in [-0.39, 0.29) is 12.5 Å². The van der Waals surface area contributed by atoms with Crippen LogP contribution in [0.3, 0.4) is 0 Å². The van der Waals surface area contributed by atoms with E-state index in [0.29, 0.717) is 24.5 Å². The summed E-state index contributed by atoms with van der Waals surface area (Å²) in [5, 5.41) is 2.71. The molecule has 0 fully saturated rings. The Morgan fingerprint density at radius 2 is 1.46 bits per heavy atom. The van der Waals surface area contributed by atoms with Crippen LogP contribution in [0.15, 0.2) is 84.9 Å². The maximum absolute atomic E-state index is 12.2. The summed E-state index contributed by atoms with van der Waals surface area (Å²) in [5.74, 6) is -0.361. The number of hydrogen-bond acceptors (Lipinski definition) is 4. The molecular weight excluding hydrogens is 354 g/mol.